The Morgan fingerprint density at radius 3 is 1.87 bits per heavy atom. The van der Waals surface area contributed by atoms with Gasteiger partial charge in [-0.3, -0.25) is 57.5 Å². The van der Waals surface area contributed by atoms with Crippen molar-refractivity contribution in [2.24, 2.45) is 11.8 Å². The van der Waals surface area contributed by atoms with Crippen molar-refractivity contribution >= 4 is 82.5 Å². The summed E-state index contributed by atoms with van der Waals surface area (Å²) in [5.41, 5.74) is -0.918. The van der Waals surface area contributed by atoms with Gasteiger partial charge in [-0.25, -0.2) is 0 Å². The number of carbonyl (C=O) groups is 12. The molecular weight excluding hydrogens is 1360 g/mol. The molecule has 3 N–H and O–H groups in total. The van der Waals surface area contributed by atoms with Gasteiger partial charge in [0, 0.05) is 88.4 Å². The number of hydrogen-bond acceptors (Lipinski definition) is 13. The minimum Gasteiger partial charge on any atom is -0.377 e. The number of carbonyl (C=O) groups excluding carboxylic acids is 12. The average Bonchev–Trinajstić information content (AvgIpc) is 1.73. The third-order valence-corrected chi connectivity index (χ3v) is 22.0. The monoisotopic (exact) mass is 1460 g/mol. The van der Waals surface area contributed by atoms with Crippen molar-refractivity contribution in [3.05, 3.63) is 69.7 Å². The van der Waals surface area contributed by atoms with Crippen LogP contribution in [-0.4, -0.2) is 264 Å². The number of alkyl halides is 3. The van der Waals surface area contributed by atoms with Gasteiger partial charge in [0.25, 0.3) is 0 Å². The van der Waals surface area contributed by atoms with Crippen LogP contribution in [0.2, 0.25) is 5.02 Å². The summed E-state index contributed by atoms with van der Waals surface area (Å²) < 4.78 is 47.9. The lowest BCUT2D eigenvalue weighted by Crippen LogP contribution is -2.65. The van der Waals surface area contributed by atoms with E-state index in [1.54, 1.807) is 30.9 Å². The Kier molecular flexibility index (Phi) is 29.4. The van der Waals surface area contributed by atoms with Crippen LogP contribution in [0, 0.1) is 18.8 Å². The number of benzene rings is 2. The molecule has 2 aliphatic carbocycles. The van der Waals surface area contributed by atoms with E-state index >= 15 is 19.2 Å². The SMILES string of the molecule is CCC[C@H]1C(=O)N[C@@H]([C@@H](C)CC)C(=O)N(C)CC(=O)N(C)CC(=O)N(C)[C@@H](Cc2ccc(C)cc2)C(=O)N(C)CC(=O)N[C@@H](CCc2ccc(C(F)(F)F)c(Cl)c2)C(=O)N2C[C@H](OCC)C[C@H]2C(=O)NC2(CCCC2)C(=O)N(C)[C@@H](C2CCCCC2)C(=O)N(C)[C@H](C(=O)N2CCCC2)CC(=O)N1C. The van der Waals surface area contributed by atoms with Crippen molar-refractivity contribution in [2.75, 3.05) is 95.2 Å². The number of hydrogen-bond donors (Lipinski definition) is 3. The van der Waals surface area contributed by atoms with Gasteiger partial charge in [-0.15, -0.1) is 0 Å². The maximum atomic E-state index is 15.8. The van der Waals surface area contributed by atoms with Gasteiger partial charge in [0.05, 0.1) is 42.7 Å². The van der Waals surface area contributed by atoms with Gasteiger partial charge in [0.1, 0.15) is 47.8 Å². The summed E-state index contributed by atoms with van der Waals surface area (Å²) >= 11 is 6.19. The van der Waals surface area contributed by atoms with Crippen LogP contribution in [0.15, 0.2) is 42.5 Å². The van der Waals surface area contributed by atoms with E-state index in [-0.39, 0.29) is 63.7 Å². The van der Waals surface area contributed by atoms with Gasteiger partial charge in [-0.2, -0.15) is 13.2 Å². The van der Waals surface area contributed by atoms with E-state index in [1.165, 1.54) is 75.0 Å². The molecule has 7 rings (SSSR count). The first-order chi connectivity index (χ1) is 48.7. The van der Waals surface area contributed by atoms with E-state index in [1.807, 2.05) is 32.9 Å². The molecule has 0 radical (unpaired) electrons. The number of fused-ring (bicyclic) bond motifs is 1. The number of likely N-dealkylation sites (tertiary alicyclic amines) is 1. The van der Waals surface area contributed by atoms with Crippen molar-refractivity contribution < 1.29 is 75.4 Å². The lowest BCUT2D eigenvalue weighted by molar-refractivity contribution is -0.156. The number of halogens is 4. The zero-order chi connectivity index (χ0) is 75.9. The summed E-state index contributed by atoms with van der Waals surface area (Å²) in [7, 11) is 9.79. The first-order valence-corrected chi connectivity index (χ1v) is 36.9. The van der Waals surface area contributed by atoms with Gasteiger partial charge in [0.15, 0.2) is 0 Å². The average molecular weight is 1470 g/mol. The van der Waals surface area contributed by atoms with E-state index < -0.39 is 179 Å². The summed E-state index contributed by atoms with van der Waals surface area (Å²) in [4.78, 5) is 191. The van der Waals surface area contributed by atoms with Gasteiger partial charge in [-0.1, -0.05) is 113 Å². The van der Waals surface area contributed by atoms with Crippen LogP contribution in [0.25, 0.3) is 0 Å². The highest BCUT2D eigenvalue weighted by Crippen LogP contribution is 2.38. The second kappa shape index (κ2) is 36.7. The molecule has 3 saturated heterocycles. The van der Waals surface area contributed by atoms with Crippen LogP contribution < -0.4 is 16.0 Å². The molecular formula is C74H108ClF3N12O13. The first kappa shape index (κ1) is 82.4. The maximum Gasteiger partial charge on any atom is 0.417 e. The van der Waals surface area contributed by atoms with Crippen molar-refractivity contribution in [1.29, 1.82) is 0 Å². The van der Waals surface area contributed by atoms with Gasteiger partial charge < -0.3 is 64.8 Å². The second-order valence-electron chi connectivity index (χ2n) is 29.1. The van der Waals surface area contributed by atoms with Crippen molar-refractivity contribution in [3.63, 3.8) is 0 Å². The minimum absolute atomic E-state index is 0.0655. The van der Waals surface area contributed by atoms with Crippen LogP contribution in [0.1, 0.15) is 159 Å². The number of likely N-dealkylation sites (N-methyl/N-ethyl adjacent to an activating group) is 7. The van der Waals surface area contributed by atoms with Crippen LogP contribution in [-0.2, 0) is 81.3 Å². The molecule has 0 aromatic heterocycles. The van der Waals surface area contributed by atoms with E-state index in [0.717, 1.165) is 56.6 Å². The molecule has 0 bridgehead atoms. The Morgan fingerprint density at radius 2 is 1.27 bits per heavy atom. The topological polar surface area (TPSA) is 279 Å². The fourth-order valence-electron chi connectivity index (χ4n) is 15.1. The number of aryl methyl sites for hydroxylation is 2. The molecule has 3 aliphatic heterocycles. The summed E-state index contributed by atoms with van der Waals surface area (Å²) in [5, 5.41) is 8.10. The van der Waals surface area contributed by atoms with E-state index in [4.69, 9.17) is 16.3 Å². The normalized spacial score (nSPS) is 25.9. The lowest BCUT2D eigenvalue weighted by atomic mass is 9.81. The fraction of sp³-hybridized carbons (Fsp3) is 0.676. The third-order valence-electron chi connectivity index (χ3n) is 21.6. The molecule has 103 heavy (non-hydrogen) atoms. The predicted molar refractivity (Wildman–Crippen MR) is 379 cm³/mol. The Bertz CT molecular complexity index is 3380. The summed E-state index contributed by atoms with van der Waals surface area (Å²) in [5.74, 6) is -9.15. The zero-order valence-corrected chi connectivity index (χ0v) is 62.8. The summed E-state index contributed by atoms with van der Waals surface area (Å²) in [6.07, 6.45) is 0.314. The molecule has 12 amide bonds. The predicted octanol–water partition coefficient (Wildman–Crippen LogP) is 5.38. The molecule has 25 nitrogen and oxygen atoms in total. The van der Waals surface area contributed by atoms with E-state index in [0.29, 0.717) is 70.0 Å². The van der Waals surface area contributed by atoms with Gasteiger partial charge >= 0.3 is 6.18 Å². The molecule has 1 spiro atoms. The van der Waals surface area contributed by atoms with Gasteiger partial charge in [0.2, 0.25) is 70.9 Å². The molecule has 2 saturated carbocycles. The number of nitrogens with zero attached hydrogens (tertiary/aromatic N) is 9. The standard InChI is InChI=1S/C74H108ClF3N12O13/c1-13-23-55-65(95)80-63(47(5)14-2)70(100)84(8)44-61(93)82(6)45-62(94)86(10)57(39-49-28-26-46(4)27-29-49)68(98)83(7)43-59(91)79-54(33-31-48-30-32-52(53(75)38-48)74(76,77)78)67(97)90-42-51(103-15-3)40-56(90)66(96)81-73(34-19-20-35-73)72(102)88(12)64(50-24-17-16-18-25-50)71(101)87(11)58(41-60(92)85(55)9)69(99)89-36-21-22-37-89/h26-30,32,38,47,50-51,54-58,63-64H,13-25,31,33-37,39-45H2,1-12H3,(H,79,91)(H,80,95)(H,81,96)/t47-,51+,54-,55-,56-,57-,58-,63-,64-/m0/s1. The molecule has 9 atom stereocenters. The summed E-state index contributed by atoms with van der Waals surface area (Å²) in [6.45, 7) is 7.87. The molecule has 570 valence electrons. The quantitative estimate of drug-likeness (QED) is 0.227. The highest BCUT2D eigenvalue weighted by molar-refractivity contribution is 6.31. The van der Waals surface area contributed by atoms with Crippen molar-refractivity contribution in [1.82, 2.24) is 60.0 Å². The Labute approximate surface area is 608 Å². The highest BCUT2D eigenvalue weighted by Gasteiger charge is 2.52. The van der Waals surface area contributed by atoms with Crippen LogP contribution >= 0.6 is 11.6 Å². The Morgan fingerprint density at radius 1 is 0.660 bits per heavy atom. The number of amides is 12. The minimum atomic E-state index is -4.78. The molecule has 0 unspecified atom stereocenters. The lowest BCUT2D eigenvalue weighted by Gasteiger charge is -2.43. The first-order valence-electron chi connectivity index (χ1n) is 36.5. The molecule has 5 aliphatic rings. The number of rotatable bonds is 13. The second-order valence-corrected chi connectivity index (χ2v) is 29.5. The van der Waals surface area contributed by atoms with Gasteiger partial charge in [-0.05, 0) is 107 Å². The zero-order valence-electron chi connectivity index (χ0n) is 62.0. The fourth-order valence-corrected chi connectivity index (χ4v) is 15.4. The molecule has 2 aromatic carbocycles. The number of nitrogens with one attached hydrogen (secondary N) is 3. The Hall–Kier alpha value is -7.88. The molecule has 5 fully saturated rings. The molecule has 3 heterocycles. The Balaban J connectivity index is 1.31. The van der Waals surface area contributed by atoms with Crippen molar-refractivity contribution in [3.8, 4) is 0 Å². The smallest absolute Gasteiger partial charge is 0.377 e. The number of ether oxygens (including phenoxy) is 1. The largest absolute Gasteiger partial charge is 0.417 e. The summed E-state index contributed by atoms with van der Waals surface area (Å²) in [6, 6.07) is 1.13. The molecule has 2 aromatic rings. The maximum absolute atomic E-state index is 15.8. The van der Waals surface area contributed by atoms with E-state index in [9.17, 15) is 51.5 Å². The van der Waals surface area contributed by atoms with Crippen LogP contribution in [0.4, 0.5) is 13.2 Å². The van der Waals surface area contributed by atoms with Crippen molar-refractivity contribution in [2.45, 2.75) is 217 Å². The third kappa shape index (κ3) is 20.6. The van der Waals surface area contributed by atoms with Crippen LogP contribution in [0.3, 0.4) is 0 Å². The van der Waals surface area contributed by atoms with Crippen LogP contribution in [0.5, 0.6) is 0 Å². The highest BCUT2D eigenvalue weighted by atomic mass is 35.5. The molecule has 29 heteroatoms. The van der Waals surface area contributed by atoms with E-state index in [2.05, 4.69) is 16.0 Å².